The van der Waals surface area contributed by atoms with Gasteiger partial charge in [0.05, 0.1) is 32.8 Å². The summed E-state index contributed by atoms with van der Waals surface area (Å²) in [5, 5.41) is 13.1. The summed E-state index contributed by atoms with van der Waals surface area (Å²) in [7, 11) is 3.22. The van der Waals surface area contributed by atoms with E-state index in [2.05, 4.69) is 25.4 Å². The van der Waals surface area contributed by atoms with Gasteiger partial charge in [0.2, 0.25) is 0 Å². The minimum absolute atomic E-state index is 0.152. The van der Waals surface area contributed by atoms with Gasteiger partial charge in [-0.25, -0.2) is 4.68 Å². The molecule has 0 unspecified atom stereocenters. The Kier molecular flexibility index (Phi) is 7.53. The third-order valence-corrected chi connectivity index (χ3v) is 6.20. The lowest BCUT2D eigenvalue weighted by Gasteiger charge is -2.36. The number of benzene rings is 1. The molecule has 1 aliphatic heterocycles. The maximum Gasteiger partial charge on any atom is 0.309 e. The number of likely N-dealkylation sites (tertiary alicyclic amines) is 1. The summed E-state index contributed by atoms with van der Waals surface area (Å²) in [5.74, 6) is 0.932. The van der Waals surface area contributed by atoms with Crippen LogP contribution < -0.4 is 10.3 Å². The fourth-order valence-corrected chi connectivity index (χ4v) is 4.43. The van der Waals surface area contributed by atoms with Gasteiger partial charge >= 0.3 is 5.97 Å². The van der Waals surface area contributed by atoms with Gasteiger partial charge in [0, 0.05) is 36.7 Å². The smallest absolute Gasteiger partial charge is 0.309 e. The first kappa shape index (κ1) is 23.8. The number of carbonyl (C=O) groups is 1. The van der Waals surface area contributed by atoms with E-state index in [1.165, 1.54) is 0 Å². The molecule has 0 aliphatic carbocycles. The fraction of sp³-hybridized carbons (Fsp3) is 0.522. The van der Waals surface area contributed by atoms with Crippen LogP contribution in [0.4, 0.5) is 0 Å². The van der Waals surface area contributed by atoms with E-state index >= 15 is 0 Å². The van der Waals surface area contributed by atoms with Gasteiger partial charge in [-0.2, -0.15) is 0 Å². The first-order valence-corrected chi connectivity index (χ1v) is 11.4. The second-order valence-electron chi connectivity index (χ2n) is 8.22. The van der Waals surface area contributed by atoms with Gasteiger partial charge in [0.25, 0.3) is 5.56 Å². The predicted molar refractivity (Wildman–Crippen MR) is 124 cm³/mol. The number of H-pyrrole nitrogens is 1. The number of hydrogen-bond acceptors (Lipinski definition) is 9. The van der Waals surface area contributed by atoms with Crippen molar-refractivity contribution in [2.24, 2.45) is 5.92 Å². The largest absolute Gasteiger partial charge is 0.497 e. The number of rotatable bonds is 9. The molecule has 3 aromatic rings. The number of nitrogens with one attached hydrogen (secondary N) is 1. The van der Waals surface area contributed by atoms with Crippen molar-refractivity contribution in [3.8, 4) is 5.75 Å². The first-order chi connectivity index (χ1) is 16.5. The molecule has 0 spiro atoms. The molecule has 0 bridgehead atoms. The number of nitrogens with zero attached hydrogens (tertiary/aromatic N) is 5. The number of aromatic amines is 1. The number of aromatic nitrogens is 5. The molecule has 1 N–H and O–H groups in total. The fourth-order valence-electron chi connectivity index (χ4n) is 4.43. The Morgan fingerprint density at radius 2 is 2.03 bits per heavy atom. The van der Waals surface area contributed by atoms with E-state index in [-0.39, 0.29) is 17.4 Å². The molecule has 11 heteroatoms. The van der Waals surface area contributed by atoms with Crippen LogP contribution in [0.1, 0.15) is 37.2 Å². The lowest BCUT2D eigenvalue weighted by Crippen LogP contribution is -2.42. The summed E-state index contributed by atoms with van der Waals surface area (Å²) < 4.78 is 17.4. The van der Waals surface area contributed by atoms with Gasteiger partial charge < -0.3 is 19.2 Å². The number of methoxy groups -OCH3 is 2. The molecule has 1 saturated heterocycles. The Balaban J connectivity index is 1.74. The zero-order valence-corrected chi connectivity index (χ0v) is 19.7. The lowest BCUT2D eigenvalue weighted by molar-refractivity contribution is -0.149. The highest BCUT2D eigenvalue weighted by Gasteiger charge is 2.35. The number of ether oxygens (including phenoxy) is 3. The van der Waals surface area contributed by atoms with Crippen molar-refractivity contribution in [3.63, 3.8) is 0 Å². The van der Waals surface area contributed by atoms with Gasteiger partial charge in [0.15, 0.2) is 5.82 Å². The van der Waals surface area contributed by atoms with Gasteiger partial charge in [-0.1, -0.05) is 0 Å². The van der Waals surface area contributed by atoms with Crippen LogP contribution >= 0.6 is 0 Å². The highest BCUT2D eigenvalue weighted by molar-refractivity contribution is 5.80. The zero-order chi connectivity index (χ0) is 24.1. The number of esters is 1. The van der Waals surface area contributed by atoms with Crippen molar-refractivity contribution in [3.05, 3.63) is 46.0 Å². The summed E-state index contributed by atoms with van der Waals surface area (Å²) in [6.45, 7) is 4.26. The van der Waals surface area contributed by atoms with Crippen molar-refractivity contribution in [2.75, 3.05) is 40.5 Å². The van der Waals surface area contributed by atoms with Gasteiger partial charge in [-0.15, -0.1) is 5.10 Å². The molecule has 0 radical (unpaired) electrons. The van der Waals surface area contributed by atoms with Crippen molar-refractivity contribution < 1.29 is 19.0 Å². The number of pyridine rings is 1. The molecule has 34 heavy (non-hydrogen) atoms. The van der Waals surface area contributed by atoms with Crippen molar-refractivity contribution in [2.45, 2.75) is 32.4 Å². The molecule has 0 amide bonds. The Morgan fingerprint density at radius 1 is 1.24 bits per heavy atom. The Bertz CT molecular complexity index is 1180. The van der Waals surface area contributed by atoms with Crippen molar-refractivity contribution in [1.29, 1.82) is 0 Å². The Labute approximate surface area is 197 Å². The Hall–Kier alpha value is -3.31. The summed E-state index contributed by atoms with van der Waals surface area (Å²) in [4.78, 5) is 30.6. The molecule has 2 aromatic heterocycles. The molecule has 182 valence electrons. The molecule has 1 atom stereocenters. The van der Waals surface area contributed by atoms with Crippen molar-refractivity contribution >= 4 is 16.9 Å². The average Bonchev–Trinajstić information content (AvgIpc) is 3.31. The molecule has 1 aliphatic rings. The average molecular weight is 471 g/mol. The third-order valence-electron chi connectivity index (χ3n) is 6.20. The first-order valence-electron chi connectivity index (χ1n) is 11.4. The van der Waals surface area contributed by atoms with Crippen LogP contribution in [0, 0.1) is 5.92 Å². The van der Waals surface area contributed by atoms with Gasteiger partial charge in [-0.05, 0) is 54.5 Å². The van der Waals surface area contributed by atoms with E-state index in [1.807, 2.05) is 25.1 Å². The zero-order valence-electron chi connectivity index (χ0n) is 19.7. The van der Waals surface area contributed by atoms with E-state index in [0.717, 1.165) is 5.39 Å². The summed E-state index contributed by atoms with van der Waals surface area (Å²) in [6, 6.07) is 6.89. The highest BCUT2D eigenvalue weighted by Crippen LogP contribution is 2.31. The van der Waals surface area contributed by atoms with E-state index in [1.54, 1.807) is 25.0 Å². The van der Waals surface area contributed by atoms with Crippen LogP contribution in [0.2, 0.25) is 0 Å². The number of piperidine rings is 1. The molecular weight excluding hydrogens is 440 g/mol. The standard InChI is InChI=1S/C23H30N6O5/c1-4-34-23(31)15-7-9-28(10-8-15)20(21-25-26-27-29(21)11-12-32-2)18-14-16-13-17(33-3)5-6-19(16)24-22(18)30/h5-6,13-15,20H,4,7-12H2,1-3H3,(H,24,30)/t20-/m1/s1. The maximum absolute atomic E-state index is 13.3. The number of hydrogen-bond donors (Lipinski definition) is 1. The van der Waals surface area contributed by atoms with Crippen LogP contribution in [0.25, 0.3) is 10.9 Å². The quantitative estimate of drug-likeness (QED) is 0.464. The van der Waals surface area contributed by atoms with Crippen molar-refractivity contribution in [1.82, 2.24) is 30.1 Å². The molecule has 4 rings (SSSR count). The van der Waals surface area contributed by atoms with E-state index in [4.69, 9.17) is 14.2 Å². The highest BCUT2D eigenvalue weighted by atomic mass is 16.5. The van der Waals surface area contributed by atoms with Gasteiger partial charge in [-0.3, -0.25) is 14.5 Å². The minimum atomic E-state index is -0.491. The maximum atomic E-state index is 13.3. The number of carbonyl (C=O) groups excluding carboxylic acids is 1. The second kappa shape index (κ2) is 10.7. The SMILES string of the molecule is CCOC(=O)C1CCN([C@H](c2cc3cc(OC)ccc3[nH]c2=O)c2nnnn2CCOC)CC1. The lowest BCUT2D eigenvalue weighted by atomic mass is 9.94. The normalized spacial score (nSPS) is 16.0. The topological polar surface area (TPSA) is 124 Å². The minimum Gasteiger partial charge on any atom is -0.497 e. The molecule has 3 heterocycles. The summed E-state index contributed by atoms with van der Waals surface area (Å²) in [5.41, 5.74) is 1.04. The van der Waals surface area contributed by atoms with E-state index in [0.29, 0.717) is 68.3 Å². The molecule has 1 fully saturated rings. The summed E-state index contributed by atoms with van der Waals surface area (Å²) in [6.07, 6.45) is 1.27. The van der Waals surface area contributed by atoms with Crippen LogP contribution in [0.3, 0.4) is 0 Å². The molecule has 11 nitrogen and oxygen atoms in total. The Morgan fingerprint density at radius 3 is 2.74 bits per heavy atom. The molecular formula is C23H30N6O5. The predicted octanol–water partition coefficient (Wildman–Crippen LogP) is 1.53. The number of tetrazole rings is 1. The van der Waals surface area contributed by atoms with E-state index < -0.39 is 6.04 Å². The third kappa shape index (κ3) is 4.95. The van der Waals surface area contributed by atoms with E-state index in [9.17, 15) is 9.59 Å². The van der Waals surface area contributed by atoms with Crippen LogP contribution in [-0.2, 0) is 20.8 Å². The number of fused-ring (bicyclic) bond motifs is 1. The second-order valence-corrected chi connectivity index (χ2v) is 8.22. The molecule has 1 aromatic carbocycles. The van der Waals surface area contributed by atoms with Gasteiger partial charge in [0.1, 0.15) is 11.8 Å². The molecule has 0 saturated carbocycles. The van der Waals surface area contributed by atoms with Crippen LogP contribution in [0.5, 0.6) is 5.75 Å². The van der Waals surface area contributed by atoms with Crippen LogP contribution in [-0.4, -0.2) is 76.6 Å². The monoisotopic (exact) mass is 470 g/mol. The van der Waals surface area contributed by atoms with Crippen LogP contribution in [0.15, 0.2) is 29.1 Å². The summed E-state index contributed by atoms with van der Waals surface area (Å²) >= 11 is 0.